The molecular formula is C11H11NO3S. The molecule has 0 aromatic carbocycles. The lowest BCUT2D eigenvalue weighted by Gasteiger charge is -1.91. The second kappa shape index (κ2) is 4.49. The van der Waals surface area contributed by atoms with Crippen molar-refractivity contribution in [2.24, 2.45) is 0 Å². The minimum atomic E-state index is -0.369. The van der Waals surface area contributed by atoms with Gasteiger partial charge in [-0.05, 0) is 12.1 Å². The highest BCUT2D eigenvalue weighted by Crippen LogP contribution is 2.27. The average Bonchev–Trinajstić information content (AvgIpc) is 2.95. The van der Waals surface area contributed by atoms with Gasteiger partial charge in [0.05, 0.1) is 13.3 Å². The van der Waals surface area contributed by atoms with Gasteiger partial charge in [-0.3, -0.25) is 0 Å². The smallest absolute Gasteiger partial charge is 0.349 e. The molecule has 0 aliphatic rings. The summed E-state index contributed by atoms with van der Waals surface area (Å²) >= 11 is 1.26. The van der Waals surface area contributed by atoms with Crippen LogP contribution in [-0.4, -0.2) is 18.1 Å². The molecule has 0 atom stereocenters. The molecule has 0 unspecified atom stereocenters. The van der Waals surface area contributed by atoms with Gasteiger partial charge in [0.25, 0.3) is 0 Å². The Hall–Kier alpha value is -1.62. The van der Waals surface area contributed by atoms with E-state index in [1.165, 1.54) is 24.6 Å². The normalized spacial score (nSPS) is 10.4. The molecule has 84 valence electrons. The molecule has 0 fully saturated rings. The predicted octanol–water partition coefficient (Wildman–Crippen LogP) is 2.75. The minimum absolute atomic E-state index is 0.369. The zero-order valence-electron chi connectivity index (χ0n) is 9.02. The zero-order chi connectivity index (χ0) is 11.5. The fourth-order valence-electron chi connectivity index (χ4n) is 1.27. The van der Waals surface area contributed by atoms with E-state index in [0.29, 0.717) is 15.6 Å². The number of aryl methyl sites for hydroxylation is 1. The summed E-state index contributed by atoms with van der Waals surface area (Å²) in [5.41, 5.74) is 0. The first-order chi connectivity index (χ1) is 7.74. The van der Waals surface area contributed by atoms with Gasteiger partial charge < -0.3 is 9.15 Å². The Morgan fingerprint density at radius 3 is 3.00 bits per heavy atom. The number of methoxy groups -OCH3 is 1. The first-order valence-corrected chi connectivity index (χ1v) is 5.69. The molecule has 2 aromatic heterocycles. The summed E-state index contributed by atoms with van der Waals surface area (Å²) in [5.74, 6) is 1.23. The Bertz CT molecular complexity index is 501. The molecule has 0 spiro atoms. The van der Waals surface area contributed by atoms with Crippen LogP contribution in [0.3, 0.4) is 0 Å². The van der Waals surface area contributed by atoms with Gasteiger partial charge in [-0.2, -0.15) is 0 Å². The van der Waals surface area contributed by atoms with Gasteiger partial charge in [-0.15, -0.1) is 11.3 Å². The van der Waals surface area contributed by atoms with Crippen molar-refractivity contribution in [1.29, 1.82) is 0 Å². The topological polar surface area (TPSA) is 52.3 Å². The number of carbonyl (C=O) groups excluding carboxylic acids is 1. The number of hydrogen-bond acceptors (Lipinski definition) is 5. The van der Waals surface area contributed by atoms with Crippen molar-refractivity contribution in [3.63, 3.8) is 0 Å². The van der Waals surface area contributed by atoms with Crippen LogP contribution in [0.15, 0.2) is 22.7 Å². The Morgan fingerprint density at radius 1 is 1.56 bits per heavy atom. The zero-order valence-corrected chi connectivity index (χ0v) is 9.84. The Morgan fingerprint density at radius 2 is 2.38 bits per heavy atom. The number of carbonyl (C=O) groups is 1. The molecular weight excluding hydrogens is 226 g/mol. The van der Waals surface area contributed by atoms with Crippen molar-refractivity contribution < 1.29 is 13.9 Å². The number of furan rings is 1. The van der Waals surface area contributed by atoms with E-state index in [9.17, 15) is 4.79 Å². The van der Waals surface area contributed by atoms with Crippen LogP contribution >= 0.6 is 11.3 Å². The van der Waals surface area contributed by atoms with Gasteiger partial charge in [-0.25, -0.2) is 9.78 Å². The fraction of sp³-hybridized carbons (Fsp3) is 0.273. The number of thiazole rings is 1. The molecule has 0 aliphatic carbocycles. The maximum atomic E-state index is 11.2. The van der Waals surface area contributed by atoms with Crippen LogP contribution in [0.5, 0.6) is 0 Å². The lowest BCUT2D eigenvalue weighted by atomic mass is 10.4. The fourth-order valence-corrected chi connectivity index (χ4v) is 2.06. The molecule has 0 saturated carbocycles. The largest absolute Gasteiger partial charge is 0.465 e. The molecule has 2 aromatic rings. The van der Waals surface area contributed by atoms with Crippen LogP contribution in [0.4, 0.5) is 0 Å². The van der Waals surface area contributed by atoms with Crippen molar-refractivity contribution in [2.75, 3.05) is 7.11 Å². The summed E-state index contributed by atoms with van der Waals surface area (Å²) in [5, 5.41) is 0.695. The van der Waals surface area contributed by atoms with Crippen LogP contribution in [0.2, 0.25) is 0 Å². The molecule has 0 aliphatic heterocycles. The number of nitrogens with zero attached hydrogens (tertiary/aromatic N) is 1. The number of hydrogen-bond donors (Lipinski definition) is 0. The molecule has 5 heteroatoms. The lowest BCUT2D eigenvalue weighted by molar-refractivity contribution is 0.0606. The van der Waals surface area contributed by atoms with Crippen molar-refractivity contribution in [1.82, 2.24) is 4.98 Å². The van der Waals surface area contributed by atoms with Crippen molar-refractivity contribution in [2.45, 2.75) is 13.3 Å². The number of rotatable bonds is 3. The van der Waals surface area contributed by atoms with Crippen LogP contribution in [0.25, 0.3) is 10.8 Å². The van der Waals surface area contributed by atoms with E-state index < -0.39 is 0 Å². The van der Waals surface area contributed by atoms with Crippen LogP contribution in [0, 0.1) is 0 Å². The van der Waals surface area contributed by atoms with E-state index in [-0.39, 0.29) is 5.97 Å². The average molecular weight is 237 g/mol. The Labute approximate surface area is 96.9 Å². The van der Waals surface area contributed by atoms with Gasteiger partial charge in [-0.1, -0.05) is 6.92 Å². The first kappa shape index (κ1) is 10.9. The number of ether oxygens (including phenoxy) is 1. The van der Waals surface area contributed by atoms with Crippen LogP contribution in [-0.2, 0) is 11.2 Å². The summed E-state index contributed by atoms with van der Waals surface area (Å²) in [4.78, 5) is 15.8. The maximum Gasteiger partial charge on any atom is 0.349 e. The third-order valence-corrected chi connectivity index (χ3v) is 3.11. The van der Waals surface area contributed by atoms with Gasteiger partial charge in [0, 0.05) is 6.42 Å². The quantitative estimate of drug-likeness (QED) is 0.770. The van der Waals surface area contributed by atoms with E-state index in [2.05, 4.69) is 9.72 Å². The van der Waals surface area contributed by atoms with Crippen molar-refractivity contribution in [3.05, 3.63) is 29.0 Å². The summed E-state index contributed by atoms with van der Waals surface area (Å²) in [6, 6.07) is 3.77. The second-order valence-corrected chi connectivity index (χ2v) is 4.17. The highest BCUT2D eigenvalue weighted by Gasteiger charge is 2.13. The highest BCUT2D eigenvalue weighted by molar-refractivity contribution is 7.16. The Kier molecular flexibility index (Phi) is 3.05. The van der Waals surface area contributed by atoms with Crippen molar-refractivity contribution in [3.8, 4) is 10.8 Å². The van der Waals surface area contributed by atoms with Gasteiger partial charge in [0.2, 0.25) is 0 Å². The molecule has 2 heterocycles. The molecule has 4 nitrogen and oxygen atoms in total. The summed E-state index contributed by atoms with van der Waals surface area (Å²) in [6.45, 7) is 2.02. The summed E-state index contributed by atoms with van der Waals surface area (Å²) < 4.78 is 10.2. The van der Waals surface area contributed by atoms with E-state index >= 15 is 0 Å². The lowest BCUT2D eigenvalue weighted by Crippen LogP contribution is -1.96. The highest BCUT2D eigenvalue weighted by atomic mass is 32.1. The molecule has 16 heavy (non-hydrogen) atoms. The molecule has 0 bridgehead atoms. The third-order valence-electron chi connectivity index (χ3n) is 2.11. The maximum absolute atomic E-state index is 11.2. The molecule has 0 N–H and O–H groups in total. The molecule has 0 amide bonds. The van der Waals surface area contributed by atoms with E-state index in [4.69, 9.17) is 4.42 Å². The molecule has 0 radical (unpaired) electrons. The van der Waals surface area contributed by atoms with Gasteiger partial charge >= 0.3 is 5.97 Å². The standard InChI is InChI=1S/C11H11NO3S/c1-3-7-4-5-8(15-7)10-12-6-9(16-10)11(13)14-2/h4-6H,3H2,1-2H3. The summed E-state index contributed by atoms with van der Waals surface area (Å²) in [7, 11) is 1.35. The SMILES string of the molecule is CCc1ccc(-c2ncc(C(=O)OC)s2)o1. The number of esters is 1. The van der Waals surface area contributed by atoms with E-state index in [1.54, 1.807) is 0 Å². The third kappa shape index (κ3) is 1.99. The minimum Gasteiger partial charge on any atom is -0.465 e. The van der Waals surface area contributed by atoms with Crippen LogP contribution < -0.4 is 0 Å². The van der Waals surface area contributed by atoms with Crippen molar-refractivity contribution >= 4 is 17.3 Å². The van der Waals surface area contributed by atoms with Gasteiger partial charge in [0.1, 0.15) is 10.6 Å². The molecule has 2 rings (SSSR count). The van der Waals surface area contributed by atoms with Gasteiger partial charge in [0.15, 0.2) is 10.8 Å². The number of aromatic nitrogens is 1. The monoisotopic (exact) mass is 237 g/mol. The van der Waals surface area contributed by atoms with E-state index in [1.807, 2.05) is 19.1 Å². The Balaban J connectivity index is 2.27. The van der Waals surface area contributed by atoms with Crippen LogP contribution in [0.1, 0.15) is 22.4 Å². The van der Waals surface area contributed by atoms with E-state index in [0.717, 1.165) is 12.2 Å². The summed E-state index contributed by atoms with van der Waals surface area (Å²) in [6.07, 6.45) is 2.34. The first-order valence-electron chi connectivity index (χ1n) is 4.87. The molecule has 0 saturated heterocycles. The second-order valence-electron chi connectivity index (χ2n) is 3.14. The predicted molar refractivity (Wildman–Crippen MR) is 60.5 cm³/mol.